The van der Waals surface area contributed by atoms with E-state index < -0.39 is 0 Å². The van der Waals surface area contributed by atoms with E-state index in [0.717, 1.165) is 43.9 Å². The first-order valence-corrected chi connectivity index (χ1v) is 6.27. The van der Waals surface area contributed by atoms with Gasteiger partial charge in [0.2, 0.25) is 5.95 Å². The molecule has 0 saturated carbocycles. The van der Waals surface area contributed by atoms with Crippen molar-refractivity contribution in [3.63, 3.8) is 0 Å². The Kier molecular flexibility index (Phi) is 3.78. The minimum Gasteiger partial charge on any atom is -0.383 e. The molecule has 0 radical (unpaired) electrons. The molecule has 0 aliphatic carbocycles. The number of anilines is 2. The highest BCUT2D eigenvalue weighted by Gasteiger charge is 2.20. The van der Waals surface area contributed by atoms with E-state index in [1.54, 1.807) is 0 Å². The molecule has 1 aliphatic rings. The van der Waals surface area contributed by atoms with Crippen molar-refractivity contribution < 1.29 is 0 Å². The maximum Gasteiger partial charge on any atom is 0.227 e. The summed E-state index contributed by atoms with van der Waals surface area (Å²) in [5.41, 5.74) is 6.93. The summed E-state index contributed by atoms with van der Waals surface area (Å²) in [6.07, 6.45) is 4.99. The predicted molar refractivity (Wildman–Crippen MR) is 70.1 cm³/mol. The molecule has 2 heterocycles. The molecule has 94 valence electrons. The van der Waals surface area contributed by atoms with E-state index >= 15 is 0 Å². The number of aromatic nitrogens is 2. The SMILES string of the molecule is CCc1cnc(N(C)C2CCNCC2)nc1N. The van der Waals surface area contributed by atoms with Gasteiger partial charge in [0.15, 0.2) is 0 Å². The van der Waals surface area contributed by atoms with Crippen LogP contribution in [-0.2, 0) is 6.42 Å². The van der Waals surface area contributed by atoms with Gasteiger partial charge in [-0.25, -0.2) is 4.98 Å². The molecule has 0 unspecified atom stereocenters. The molecule has 17 heavy (non-hydrogen) atoms. The van der Waals surface area contributed by atoms with Crippen molar-refractivity contribution in [2.24, 2.45) is 0 Å². The summed E-state index contributed by atoms with van der Waals surface area (Å²) in [6.45, 7) is 4.19. The highest BCUT2D eigenvalue weighted by Crippen LogP contribution is 2.18. The number of nitrogens with one attached hydrogen (secondary N) is 1. The lowest BCUT2D eigenvalue weighted by atomic mass is 10.1. The van der Waals surface area contributed by atoms with Crippen LogP contribution in [0.5, 0.6) is 0 Å². The third-order valence-electron chi connectivity index (χ3n) is 3.44. The van der Waals surface area contributed by atoms with Crippen molar-refractivity contribution >= 4 is 11.8 Å². The van der Waals surface area contributed by atoms with E-state index in [1.807, 2.05) is 6.20 Å². The second-order valence-electron chi connectivity index (χ2n) is 4.53. The first kappa shape index (κ1) is 12.1. The fourth-order valence-electron chi connectivity index (χ4n) is 2.21. The van der Waals surface area contributed by atoms with Crippen molar-refractivity contribution in [1.29, 1.82) is 0 Å². The Morgan fingerprint density at radius 3 is 2.76 bits per heavy atom. The summed E-state index contributed by atoms with van der Waals surface area (Å²) in [7, 11) is 2.05. The van der Waals surface area contributed by atoms with Crippen LogP contribution in [0.4, 0.5) is 11.8 Å². The largest absolute Gasteiger partial charge is 0.383 e. The lowest BCUT2D eigenvalue weighted by molar-refractivity contribution is 0.440. The Balaban J connectivity index is 2.12. The molecule has 2 rings (SSSR count). The third-order valence-corrected chi connectivity index (χ3v) is 3.44. The maximum atomic E-state index is 5.91. The van der Waals surface area contributed by atoms with E-state index in [-0.39, 0.29) is 0 Å². The summed E-state index contributed by atoms with van der Waals surface area (Å²) in [5.74, 6) is 1.35. The van der Waals surface area contributed by atoms with Crippen LogP contribution in [0.3, 0.4) is 0 Å². The van der Waals surface area contributed by atoms with E-state index in [2.05, 4.69) is 34.2 Å². The number of nitrogens with zero attached hydrogens (tertiary/aromatic N) is 3. The molecule has 0 aromatic carbocycles. The lowest BCUT2D eigenvalue weighted by Crippen LogP contribution is -2.42. The van der Waals surface area contributed by atoms with Gasteiger partial charge in [-0.05, 0) is 32.4 Å². The summed E-state index contributed by atoms with van der Waals surface area (Å²) in [4.78, 5) is 10.9. The van der Waals surface area contributed by atoms with Gasteiger partial charge in [0.1, 0.15) is 5.82 Å². The molecule has 5 nitrogen and oxygen atoms in total. The van der Waals surface area contributed by atoms with Crippen molar-refractivity contribution in [3.05, 3.63) is 11.8 Å². The molecule has 0 spiro atoms. The minimum atomic E-state index is 0.517. The lowest BCUT2D eigenvalue weighted by Gasteiger charge is -2.31. The predicted octanol–water partition coefficient (Wildman–Crippen LogP) is 0.809. The van der Waals surface area contributed by atoms with Gasteiger partial charge >= 0.3 is 0 Å². The number of aryl methyl sites for hydroxylation is 1. The molecule has 0 atom stereocenters. The van der Waals surface area contributed by atoms with Gasteiger partial charge in [-0.15, -0.1) is 0 Å². The van der Waals surface area contributed by atoms with Crippen LogP contribution >= 0.6 is 0 Å². The number of hydrogen-bond acceptors (Lipinski definition) is 5. The van der Waals surface area contributed by atoms with E-state index in [1.165, 1.54) is 0 Å². The fourth-order valence-corrected chi connectivity index (χ4v) is 2.21. The highest BCUT2D eigenvalue weighted by atomic mass is 15.3. The number of hydrogen-bond donors (Lipinski definition) is 2. The fraction of sp³-hybridized carbons (Fsp3) is 0.667. The molecular weight excluding hydrogens is 214 g/mol. The normalized spacial score (nSPS) is 17.1. The first-order valence-electron chi connectivity index (χ1n) is 6.27. The molecule has 3 N–H and O–H groups in total. The third kappa shape index (κ3) is 2.66. The standard InChI is InChI=1S/C12H21N5/c1-3-9-8-15-12(16-11(9)13)17(2)10-4-6-14-7-5-10/h8,10,14H,3-7H2,1-2H3,(H2,13,15,16). The van der Waals surface area contributed by atoms with Crippen LogP contribution in [-0.4, -0.2) is 36.1 Å². The number of nitrogens with two attached hydrogens (primary N) is 1. The Labute approximate surface area is 102 Å². The quantitative estimate of drug-likeness (QED) is 0.811. The Morgan fingerprint density at radius 2 is 2.18 bits per heavy atom. The van der Waals surface area contributed by atoms with Crippen LogP contribution in [0.1, 0.15) is 25.3 Å². The van der Waals surface area contributed by atoms with Crippen LogP contribution in [0.2, 0.25) is 0 Å². The van der Waals surface area contributed by atoms with Crippen LogP contribution in [0, 0.1) is 0 Å². The summed E-state index contributed by atoms with van der Waals surface area (Å²) in [5, 5.41) is 3.36. The number of piperidine rings is 1. The van der Waals surface area contributed by atoms with Crippen molar-refractivity contribution in [2.75, 3.05) is 30.8 Å². The Hall–Kier alpha value is -1.36. The molecule has 1 aliphatic heterocycles. The van der Waals surface area contributed by atoms with Crippen molar-refractivity contribution in [1.82, 2.24) is 15.3 Å². The van der Waals surface area contributed by atoms with Gasteiger partial charge in [-0.2, -0.15) is 4.98 Å². The zero-order valence-electron chi connectivity index (χ0n) is 10.6. The van der Waals surface area contributed by atoms with Crippen LogP contribution in [0.15, 0.2) is 6.20 Å². The summed E-state index contributed by atoms with van der Waals surface area (Å²) in [6, 6.07) is 0.517. The molecule has 1 aromatic heterocycles. The monoisotopic (exact) mass is 235 g/mol. The molecule has 1 fully saturated rings. The smallest absolute Gasteiger partial charge is 0.227 e. The van der Waals surface area contributed by atoms with Gasteiger partial charge in [0, 0.05) is 24.8 Å². The second kappa shape index (κ2) is 5.31. The zero-order chi connectivity index (χ0) is 12.3. The second-order valence-corrected chi connectivity index (χ2v) is 4.53. The first-order chi connectivity index (χ1) is 8.22. The van der Waals surface area contributed by atoms with Gasteiger partial charge < -0.3 is 16.0 Å². The number of nitrogen functional groups attached to an aromatic ring is 1. The van der Waals surface area contributed by atoms with Gasteiger partial charge in [0.25, 0.3) is 0 Å². The van der Waals surface area contributed by atoms with Gasteiger partial charge in [-0.3, -0.25) is 0 Å². The zero-order valence-corrected chi connectivity index (χ0v) is 10.6. The highest BCUT2D eigenvalue weighted by molar-refractivity contribution is 5.44. The van der Waals surface area contributed by atoms with Crippen LogP contribution in [0.25, 0.3) is 0 Å². The molecule has 0 amide bonds. The van der Waals surface area contributed by atoms with Crippen molar-refractivity contribution in [3.8, 4) is 0 Å². The minimum absolute atomic E-state index is 0.517. The van der Waals surface area contributed by atoms with E-state index in [0.29, 0.717) is 11.9 Å². The van der Waals surface area contributed by atoms with Gasteiger partial charge in [-0.1, -0.05) is 6.92 Å². The molecule has 0 bridgehead atoms. The van der Waals surface area contributed by atoms with E-state index in [9.17, 15) is 0 Å². The number of rotatable bonds is 3. The molecule has 5 heteroatoms. The summed E-state index contributed by atoms with van der Waals surface area (Å²) < 4.78 is 0. The molecule has 1 saturated heterocycles. The topological polar surface area (TPSA) is 67.1 Å². The molecular formula is C12H21N5. The Morgan fingerprint density at radius 1 is 1.47 bits per heavy atom. The van der Waals surface area contributed by atoms with Gasteiger partial charge in [0.05, 0.1) is 0 Å². The summed E-state index contributed by atoms with van der Waals surface area (Å²) >= 11 is 0. The molecule has 1 aromatic rings. The maximum absolute atomic E-state index is 5.91. The van der Waals surface area contributed by atoms with Crippen LogP contribution < -0.4 is 16.0 Å². The average Bonchev–Trinajstić information content (AvgIpc) is 2.39. The average molecular weight is 235 g/mol. The van der Waals surface area contributed by atoms with E-state index in [4.69, 9.17) is 5.73 Å². The Bertz CT molecular complexity index is 373. The van der Waals surface area contributed by atoms with Crippen molar-refractivity contribution in [2.45, 2.75) is 32.2 Å².